The Morgan fingerprint density at radius 1 is 1.02 bits per heavy atom. The number of carbonyl (C=O) groups excluding carboxylic acids is 4. The van der Waals surface area contributed by atoms with Crippen molar-refractivity contribution in [3.05, 3.63) is 76.8 Å². The quantitative estimate of drug-likeness (QED) is 0.423. The summed E-state index contributed by atoms with van der Waals surface area (Å²) in [6.45, 7) is 10.6. The van der Waals surface area contributed by atoms with E-state index in [0.29, 0.717) is 30.6 Å². The van der Waals surface area contributed by atoms with Crippen molar-refractivity contribution >= 4 is 34.8 Å². The molecular weight excluding hydrogens is 548 g/mol. The molecule has 220 valence electrons. The van der Waals surface area contributed by atoms with Gasteiger partial charge in [0, 0.05) is 23.1 Å². The minimum Gasteiger partial charge on any atom is -0.340 e. The Bertz CT molecular complexity index is 1480. The number of fused-ring (bicyclic) bond motifs is 1. The zero-order chi connectivity index (χ0) is 30.2. The predicted molar refractivity (Wildman–Crippen MR) is 163 cm³/mol. The van der Waals surface area contributed by atoms with Crippen molar-refractivity contribution in [3.63, 3.8) is 0 Å². The van der Waals surface area contributed by atoms with Gasteiger partial charge < -0.3 is 15.1 Å². The first-order valence-corrected chi connectivity index (χ1v) is 15.4. The number of hydrogen-bond donors (Lipinski definition) is 1. The second kappa shape index (κ2) is 11.8. The minimum absolute atomic E-state index is 0.0375. The summed E-state index contributed by atoms with van der Waals surface area (Å²) >= 11 is 1.39. The first kappa shape index (κ1) is 29.6. The van der Waals surface area contributed by atoms with Gasteiger partial charge in [-0.3, -0.25) is 19.2 Å². The number of rotatable bonds is 7. The molecule has 2 saturated heterocycles. The molecule has 0 unspecified atom stereocenters. The Labute approximate surface area is 251 Å². The Morgan fingerprint density at radius 3 is 2.36 bits per heavy atom. The van der Waals surface area contributed by atoms with Gasteiger partial charge in [0.2, 0.25) is 5.91 Å². The molecule has 0 spiro atoms. The van der Waals surface area contributed by atoms with Crippen molar-refractivity contribution in [3.8, 4) is 10.6 Å². The van der Waals surface area contributed by atoms with Crippen LogP contribution in [0.25, 0.3) is 10.6 Å². The van der Waals surface area contributed by atoms with Crippen LogP contribution in [-0.4, -0.2) is 69.5 Å². The standard InChI is InChI=1S/C33H38N4O4S/c1-20(2)17-24(34-29(39)21-11-13-23(14-12-21)33(3,4)5)31(40)36-16-15-26-28(36)27(38)18-37(26)32(41)25-19-42-30(35-25)22-9-7-6-8-10-22/h6-14,19-20,24,26,28H,15-18H2,1-5H3,(H,34,39)/t24-,26+,28-/m0/s1. The number of Topliss-reactive ketones (excluding diaryl/α,β-unsaturated/α-hetero) is 1. The third kappa shape index (κ3) is 6.02. The van der Waals surface area contributed by atoms with Crippen molar-refractivity contribution < 1.29 is 19.2 Å². The highest BCUT2D eigenvalue weighted by molar-refractivity contribution is 7.13. The van der Waals surface area contributed by atoms with E-state index in [1.54, 1.807) is 27.3 Å². The summed E-state index contributed by atoms with van der Waals surface area (Å²) in [6, 6.07) is 15.2. The fourth-order valence-electron chi connectivity index (χ4n) is 5.83. The van der Waals surface area contributed by atoms with Gasteiger partial charge in [0.15, 0.2) is 5.78 Å². The van der Waals surface area contributed by atoms with Gasteiger partial charge in [0.1, 0.15) is 22.8 Å². The maximum atomic E-state index is 13.9. The first-order chi connectivity index (χ1) is 19.9. The number of likely N-dealkylation sites (tertiary alicyclic amines) is 2. The van der Waals surface area contributed by atoms with Gasteiger partial charge in [-0.25, -0.2) is 4.98 Å². The Hall–Kier alpha value is -3.85. The molecular formula is C33H38N4O4S. The van der Waals surface area contributed by atoms with Crippen LogP contribution in [-0.2, 0) is 15.0 Å². The summed E-state index contributed by atoms with van der Waals surface area (Å²) in [7, 11) is 0. The molecule has 9 heteroatoms. The van der Waals surface area contributed by atoms with Gasteiger partial charge in [0.05, 0.1) is 12.6 Å². The Kier molecular flexibility index (Phi) is 8.32. The lowest BCUT2D eigenvalue weighted by molar-refractivity contribution is -0.138. The molecule has 3 aromatic rings. The van der Waals surface area contributed by atoms with E-state index in [4.69, 9.17) is 0 Å². The van der Waals surface area contributed by atoms with Gasteiger partial charge in [-0.05, 0) is 41.9 Å². The number of thiazole rings is 1. The normalized spacial score (nSPS) is 19.2. The highest BCUT2D eigenvalue weighted by atomic mass is 32.1. The molecule has 0 bridgehead atoms. The van der Waals surface area contributed by atoms with Crippen molar-refractivity contribution in [1.29, 1.82) is 0 Å². The number of amides is 3. The summed E-state index contributed by atoms with van der Waals surface area (Å²) in [5.41, 5.74) is 2.79. The van der Waals surface area contributed by atoms with E-state index in [0.717, 1.165) is 16.1 Å². The van der Waals surface area contributed by atoms with Crippen molar-refractivity contribution in [2.24, 2.45) is 5.92 Å². The molecule has 3 amide bonds. The lowest BCUT2D eigenvalue weighted by atomic mass is 9.86. The summed E-state index contributed by atoms with van der Waals surface area (Å²) in [6.07, 6.45) is 0.941. The molecule has 1 N–H and O–H groups in total. The van der Waals surface area contributed by atoms with Gasteiger partial charge in [-0.2, -0.15) is 0 Å². The molecule has 2 aliphatic rings. The third-order valence-electron chi connectivity index (χ3n) is 8.03. The van der Waals surface area contributed by atoms with E-state index in [1.165, 1.54) is 11.3 Å². The molecule has 3 heterocycles. The largest absolute Gasteiger partial charge is 0.340 e. The number of nitrogens with one attached hydrogen (secondary N) is 1. The second-order valence-corrected chi connectivity index (χ2v) is 13.5. The molecule has 1 aromatic heterocycles. The summed E-state index contributed by atoms with van der Waals surface area (Å²) in [4.78, 5) is 61.5. The molecule has 8 nitrogen and oxygen atoms in total. The highest BCUT2D eigenvalue weighted by Crippen LogP contribution is 2.33. The topological polar surface area (TPSA) is 99.7 Å². The van der Waals surface area contributed by atoms with Gasteiger partial charge in [0.25, 0.3) is 11.8 Å². The van der Waals surface area contributed by atoms with Crippen LogP contribution in [0.3, 0.4) is 0 Å². The smallest absolute Gasteiger partial charge is 0.274 e. The molecule has 0 saturated carbocycles. The van der Waals surface area contributed by atoms with E-state index in [1.807, 2.05) is 56.3 Å². The van der Waals surface area contributed by atoms with Crippen molar-refractivity contribution in [1.82, 2.24) is 20.1 Å². The second-order valence-electron chi connectivity index (χ2n) is 12.6. The number of carbonyl (C=O) groups is 4. The summed E-state index contributed by atoms with van der Waals surface area (Å²) < 4.78 is 0. The van der Waals surface area contributed by atoms with Crippen LogP contribution >= 0.6 is 11.3 Å². The van der Waals surface area contributed by atoms with Crippen LogP contribution in [0, 0.1) is 5.92 Å². The van der Waals surface area contributed by atoms with E-state index >= 15 is 0 Å². The van der Waals surface area contributed by atoms with Gasteiger partial charge in [-0.1, -0.05) is 77.1 Å². The minimum atomic E-state index is -0.775. The number of benzene rings is 2. The maximum absolute atomic E-state index is 13.9. The molecule has 0 radical (unpaired) electrons. The molecule has 3 atom stereocenters. The highest BCUT2D eigenvalue weighted by Gasteiger charge is 2.52. The van der Waals surface area contributed by atoms with Crippen LogP contribution < -0.4 is 5.32 Å². The van der Waals surface area contributed by atoms with Crippen molar-refractivity contribution in [2.45, 2.75) is 71.0 Å². The lowest BCUT2D eigenvalue weighted by Gasteiger charge is -2.29. The van der Waals surface area contributed by atoms with E-state index < -0.39 is 18.1 Å². The van der Waals surface area contributed by atoms with Gasteiger partial charge in [-0.15, -0.1) is 11.3 Å². The average molecular weight is 587 g/mol. The average Bonchev–Trinajstić information content (AvgIpc) is 3.69. The van der Waals surface area contributed by atoms with Crippen LogP contribution in [0.4, 0.5) is 0 Å². The Balaban J connectivity index is 1.30. The predicted octanol–water partition coefficient (Wildman–Crippen LogP) is 4.95. The lowest BCUT2D eigenvalue weighted by Crippen LogP contribution is -2.53. The molecule has 0 aliphatic carbocycles. The fourth-order valence-corrected chi connectivity index (χ4v) is 6.63. The van der Waals surface area contributed by atoms with Gasteiger partial charge >= 0.3 is 0 Å². The molecule has 42 heavy (non-hydrogen) atoms. The fraction of sp³-hybridized carbons (Fsp3) is 0.424. The van der Waals surface area contributed by atoms with Crippen LogP contribution in [0.15, 0.2) is 60.0 Å². The number of nitrogens with zero attached hydrogens (tertiary/aromatic N) is 3. The third-order valence-corrected chi connectivity index (χ3v) is 8.93. The summed E-state index contributed by atoms with van der Waals surface area (Å²) in [5.74, 6) is -0.919. The van der Waals surface area contributed by atoms with E-state index in [2.05, 4.69) is 31.1 Å². The van der Waals surface area contributed by atoms with Crippen LogP contribution in [0.2, 0.25) is 0 Å². The van der Waals surface area contributed by atoms with Crippen molar-refractivity contribution in [2.75, 3.05) is 13.1 Å². The number of hydrogen-bond acceptors (Lipinski definition) is 6. The van der Waals surface area contributed by atoms with Crippen LogP contribution in [0.5, 0.6) is 0 Å². The molecule has 2 aliphatic heterocycles. The first-order valence-electron chi connectivity index (χ1n) is 14.5. The SMILES string of the molecule is CC(C)C[C@H](NC(=O)c1ccc(C(C)(C)C)cc1)C(=O)N1CC[C@@H]2[C@H]1C(=O)CN2C(=O)c1csc(-c2ccccc2)n1. The monoisotopic (exact) mass is 586 g/mol. The van der Waals surface area contributed by atoms with Crippen LogP contribution in [0.1, 0.15) is 73.9 Å². The molecule has 5 rings (SSSR count). The molecule has 2 fully saturated rings. The zero-order valence-electron chi connectivity index (χ0n) is 24.8. The number of aromatic nitrogens is 1. The number of ketones is 1. The Morgan fingerprint density at radius 2 is 1.71 bits per heavy atom. The maximum Gasteiger partial charge on any atom is 0.274 e. The summed E-state index contributed by atoms with van der Waals surface area (Å²) in [5, 5.41) is 5.41. The zero-order valence-corrected chi connectivity index (χ0v) is 25.6. The van der Waals surface area contributed by atoms with E-state index in [9.17, 15) is 19.2 Å². The van der Waals surface area contributed by atoms with E-state index in [-0.39, 0.29) is 41.4 Å². The molecule has 2 aromatic carbocycles.